The molecule has 210 valence electrons. The molecule has 0 N–H and O–H groups in total. The molecule has 0 atom stereocenters. The first-order valence-electron chi connectivity index (χ1n) is 10.9. The lowest BCUT2D eigenvalue weighted by atomic mass is 10.1. The number of hydrogen-bond donors (Lipinski definition) is 0. The molecule has 0 aromatic heterocycles. The summed E-state index contributed by atoms with van der Waals surface area (Å²) in [7, 11) is -6.91. The smallest absolute Gasteiger partial charge is 0.460 e. The van der Waals surface area contributed by atoms with E-state index in [1.54, 1.807) is 4.90 Å². The van der Waals surface area contributed by atoms with Crippen LogP contribution in [0.2, 0.25) is 0 Å². The third-order valence-electron chi connectivity index (χ3n) is 5.34. The number of unbranched alkanes of at least 4 members (excludes halogenated alkanes) is 1. The van der Waals surface area contributed by atoms with E-state index >= 15 is 0 Å². The molecular weight excluding hydrogens is 563 g/mol. The van der Waals surface area contributed by atoms with Crippen LogP contribution < -0.4 is 4.74 Å². The first-order valence-corrected chi connectivity index (χ1v) is 13.8. The summed E-state index contributed by atoms with van der Waals surface area (Å²) >= 11 is 0. The van der Waals surface area contributed by atoms with E-state index in [1.165, 1.54) is 41.5 Å². The van der Waals surface area contributed by atoms with Crippen molar-refractivity contribution in [3.05, 3.63) is 36.4 Å². The topological polar surface area (TPSA) is 66.4 Å². The minimum absolute atomic E-state index is 0.511. The summed E-state index contributed by atoms with van der Waals surface area (Å²) in [6, 6.07) is 13.5. The Labute approximate surface area is 210 Å². The van der Waals surface area contributed by atoms with E-state index in [1.807, 2.05) is 0 Å². The summed E-state index contributed by atoms with van der Waals surface area (Å²) < 4.78 is 141. The Balaban J connectivity index is 0.000000265. The largest absolute Gasteiger partial charge is 0.743 e. The molecule has 0 unspecified atom stereocenters. The van der Waals surface area contributed by atoms with Crippen molar-refractivity contribution >= 4 is 31.8 Å². The van der Waals surface area contributed by atoms with Crippen LogP contribution in [0.1, 0.15) is 32.6 Å². The Bertz CT molecular complexity index is 1160. The predicted octanol–water partition coefficient (Wildman–Crippen LogP) is 6.75. The molecule has 0 spiro atoms. The summed E-state index contributed by atoms with van der Waals surface area (Å²) in [6.45, 7) is 3.01. The molecule has 0 amide bonds. The van der Waals surface area contributed by atoms with Gasteiger partial charge in [-0.2, -0.15) is 39.5 Å². The van der Waals surface area contributed by atoms with Crippen LogP contribution in [-0.4, -0.2) is 54.4 Å². The molecule has 3 rings (SSSR count). The first-order chi connectivity index (χ1) is 16.9. The van der Waals surface area contributed by atoms with Crippen molar-refractivity contribution in [2.45, 2.75) is 60.8 Å². The van der Waals surface area contributed by atoms with Gasteiger partial charge < -0.3 is 9.29 Å². The molecule has 1 aliphatic heterocycles. The van der Waals surface area contributed by atoms with Gasteiger partial charge in [-0.1, -0.05) is 19.4 Å². The fourth-order valence-electron chi connectivity index (χ4n) is 3.21. The van der Waals surface area contributed by atoms with E-state index in [0.29, 0.717) is 10.9 Å². The van der Waals surface area contributed by atoms with Gasteiger partial charge in [-0.25, -0.2) is 8.42 Å². The summed E-state index contributed by atoms with van der Waals surface area (Å²) in [5, 5.41) is -4.46. The van der Waals surface area contributed by atoms with E-state index in [-0.39, 0.29) is 0 Å². The van der Waals surface area contributed by atoms with Crippen molar-refractivity contribution in [3.63, 3.8) is 0 Å². The number of alkyl halides is 9. The number of rotatable bonds is 8. The molecule has 37 heavy (non-hydrogen) atoms. The maximum atomic E-state index is 12.2. The van der Waals surface area contributed by atoms with Gasteiger partial charge in [0.2, 0.25) is 0 Å². The molecule has 2 aromatic rings. The van der Waals surface area contributed by atoms with Crippen molar-refractivity contribution in [1.29, 1.82) is 0 Å². The van der Waals surface area contributed by atoms with Crippen LogP contribution in [0.15, 0.2) is 41.3 Å². The Hall–Kier alpha value is -1.87. The summed E-state index contributed by atoms with van der Waals surface area (Å²) in [5.74, 6) is -11.0. The second-order valence-electron chi connectivity index (χ2n) is 8.10. The molecule has 2 aromatic carbocycles. The highest BCUT2D eigenvalue weighted by Crippen LogP contribution is 2.54. The lowest BCUT2D eigenvalue weighted by Gasteiger charge is -2.34. The third kappa shape index (κ3) is 6.77. The van der Waals surface area contributed by atoms with Gasteiger partial charge >= 0.3 is 23.3 Å². The van der Waals surface area contributed by atoms with Gasteiger partial charge in [-0.05, 0) is 54.3 Å². The highest BCUT2D eigenvalue weighted by Gasteiger charge is 2.83. The monoisotopic (exact) mass is 586 g/mol. The third-order valence-corrected chi connectivity index (χ3v) is 8.71. The van der Waals surface area contributed by atoms with Gasteiger partial charge in [0.1, 0.15) is 17.3 Å². The molecule has 0 aliphatic carbocycles. The molecule has 1 fully saturated rings. The molecular formula is C22H23F9O4S2. The van der Waals surface area contributed by atoms with E-state index in [0.717, 1.165) is 18.8 Å². The first kappa shape index (κ1) is 31.3. The zero-order chi connectivity index (χ0) is 28.3. The molecule has 0 saturated carbocycles. The average Bonchev–Trinajstić information content (AvgIpc) is 3.32. The minimum atomic E-state index is -7.43. The van der Waals surface area contributed by atoms with Crippen LogP contribution in [0.5, 0.6) is 5.75 Å². The van der Waals surface area contributed by atoms with Crippen molar-refractivity contribution in [3.8, 4) is 5.75 Å². The zero-order valence-electron chi connectivity index (χ0n) is 19.3. The number of benzene rings is 2. The summed E-state index contributed by atoms with van der Waals surface area (Å²) in [5.41, 5.74) is 0. The Kier molecular flexibility index (Phi) is 9.72. The molecule has 1 heterocycles. The molecule has 0 radical (unpaired) electrons. The van der Waals surface area contributed by atoms with Gasteiger partial charge in [0.25, 0.3) is 0 Å². The predicted molar refractivity (Wildman–Crippen MR) is 120 cm³/mol. The maximum absolute atomic E-state index is 12.2. The summed E-state index contributed by atoms with van der Waals surface area (Å²) in [6.07, 6.45) is -2.04. The Morgan fingerprint density at radius 1 is 0.865 bits per heavy atom. The molecule has 4 nitrogen and oxygen atoms in total. The fourth-order valence-corrected chi connectivity index (χ4v) is 5.99. The van der Waals surface area contributed by atoms with Gasteiger partial charge in [0.05, 0.1) is 6.61 Å². The molecule has 1 aliphatic rings. The number of hydrogen-bond acceptors (Lipinski definition) is 4. The minimum Gasteiger partial charge on any atom is -0.743 e. The van der Waals surface area contributed by atoms with Gasteiger partial charge in [0.15, 0.2) is 15.0 Å². The highest BCUT2D eigenvalue weighted by atomic mass is 32.2. The Morgan fingerprint density at radius 2 is 1.41 bits per heavy atom. The van der Waals surface area contributed by atoms with Gasteiger partial charge in [-0.15, -0.1) is 0 Å². The van der Waals surface area contributed by atoms with Crippen LogP contribution in [0.25, 0.3) is 10.8 Å². The number of ether oxygens (including phenoxy) is 1. The average molecular weight is 587 g/mol. The zero-order valence-corrected chi connectivity index (χ0v) is 20.9. The Morgan fingerprint density at radius 3 is 1.92 bits per heavy atom. The quantitative estimate of drug-likeness (QED) is 0.149. The van der Waals surface area contributed by atoms with E-state index in [9.17, 15) is 52.5 Å². The van der Waals surface area contributed by atoms with Crippen molar-refractivity contribution < 1.29 is 57.2 Å². The van der Waals surface area contributed by atoms with Crippen molar-refractivity contribution in [2.24, 2.45) is 0 Å². The van der Waals surface area contributed by atoms with E-state index in [4.69, 9.17) is 4.74 Å². The summed E-state index contributed by atoms with van der Waals surface area (Å²) in [4.78, 5) is 1.55. The fraction of sp³-hybridized carbons (Fsp3) is 0.545. The van der Waals surface area contributed by atoms with E-state index in [2.05, 4.69) is 43.3 Å². The van der Waals surface area contributed by atoms with Gasteiger partial charge in [-0.3, -0.25) is 0 Å². The van der Waals surface area contributed by atoms with Gasteiger partial charge in [0, 0.05) is 17.0 Å². The molecule has 1 saturated heterocycles. The second kappa shape index (κ2) is 11.5. The number of fused-ring (bicyclic) bond motifs is 1. The molecule has 15 heteroatoms. The SMILES string of the molecule is CCCCOc1ccc2cc([S+]3CCCC3)ccc2c1.O=S(=O)([O-])C(F)(F)C(F)(F)C(F)(F)C(F)(F)F. The number of halogens is 9. The van der Waals surface area contributed by atoms with Crippen molar-refractivity contribution in [2.75, 3.05) is 18.1 Å². The van der Waals surface area contributed by atoms with E-state index < -0.39 is 33.4 Å². The van der Waals surface area contributed by atoms with Crippen LogP contribution in [0.3, 0.4) is 0 Å². The second-order valence-corrected chi connectivity index (χ2v) is 11.8. The van der Waals surface area contributed by atoms with Crippen LogP contribution in [0.4, 0.5) is 39.5 Å². The van der Waals surface area contributed by atoms with Crippen LogP contribution >= 0.6 is 0 Å². The van der Waals surface area contributed by atoms with Crippen LogP contribution in [-0.2, 0) is 21.0 Å². The highest BCUT2D eigenvalue weighted by molar-refractivity contribution is 7.97. The lowest BCUT2D eigenvalue weighted by molar-refractivity contribution is -0.382. The normalized spacial score (nSPS) is 16.0. The lowest BCUT2D eigenvalue weighted by Crippen LogP contribution is -2.63. The van der Waals surface area contributed by atoms with Crippen LogP contribution in [0, 0.1) is 0 Å². The van der Waals surface area contributed by atoms with Crippen molar-refractivity contribution in [1.82, 2.24) is 0 Å². The standard InChI is InChI=1S/C18H23OS.C4HF9O3S/c1-2-3-10-19-17-8-6-16-14-18(9-7-15(16)13-17)20-11-4-5-12-20;5-1(6,3(9,10)11)2(7,8)4(12,13)17(14,15)16/h6-9,13-14H,2-5,10-12H2,1H3;(H,14,15,16)/q+1;/p-1. The maximum Gasteiger partial charge on any atom is 0.460 e. The molecule has 0 bridgehead atoms.